The number of hydrogen-bond donors (Lipinski definition) is 0. The Morgan fingerprint density at radius 3 is 2.67 bits per heavy atom. The van der Waals surface area contributed by atoms with E-state index in [-0.39, 0.29) is 0 Å². The summed E-state index contributed by atoms with van der Waals surface area (Å²) in [7, 11) is 0. The predicted molar refractivity (Wildman–Crippen MR) is 87.4 cm³/mol. The Labute approximate surface area is 124 Å². The van der Waals surface area contributed by atoms with Gasteiger partial charge >= 0.3 is 0 Å². The van der Waals surface area contributed by atoms with Crippen LogP contribution in [0.5, 0.6) is 5.75 Å². The minimum Gasteiger partial charge on any atom is -0.464 e. The van der Waals surface area contributed by atoms with Crippen molar-refractivity contribution in [2.75, 3.05) is 4.90 Å². The molecule has 0 aliphatic carbocycles. The van der Waals surface area contributed by atoms with Gasteiger partial charge in [-0.3, -0.25) is 0 Å². The van der Waals surface area contributed by atoms with Gasteiger partial charge in [0, 0.05) is 33.9 Å². The predicted octanol–water partition coefficient (Wildman–Crippen LogP) is 3.01. The summed E-state index contributed by atoms with van der Waals surface area (Å²) in [6.45, 7) is 4.41. The molecule has 0 bridgehead atoms. The molecule has 2 aliphatic heterocycles. The van der Waals surface area contributed by atoms with Gasteiger partial charge in [0.15, 0.2) is 0 Å². The highest BCUT2D eigenvalue weighted by Crippen LogP contribution is 2.30. The van der Waals surface area contributed by atoms with E-state index >= 15 is 0 Å². The molecular formula is C19H17NO. The summed E-state index contributed by atoms with van der Waals surface area (Å²) in [5.41, 5.74) is 3.65. The minimum absolute atomic E-state index is 0.434. The largest absolute Gasteiger partial charge is 0.464 e. The minimum atomic E-state index is 0.434. The Morgan fingerprint density at radius 2 is 1.81 bits per heavy atom. The lowest BCUT2D eigenvalue weighted by molar-refractivity contribution is 0.537. The molecule has 21 heavy (non-hydrogen) atoms. The highest BCUT2D eigenvalue weighted by atomic mass is 16.5. The van der Waals surface area contributed by atoms with E-state index in [0.29, 0.717) is 6.04 Å². The van der Waals surface area contributed by atoms with Gasteiger partial charge in [-0.1, -0.05) is 30.3 Å². The number of ether oxygens (including phenoxy) is 1. The number of anilines is 1. The lowest BCUT2D eigenvalue weighted by Gasteiger charge is -2.28. The maximum Gasteiger partial charge on any atom is 0.134 e. The number of fused-ring (bicyclic) bond motifs is 5. The van der Waals surface area contributed by atoms with Crippen LogP contribution in [-0.4, -0.2) is 6.04 Å². The molecule has 2 aliphatic rings. The van der Waals surface area contributed by atoms with E-state index in [4.69, 9.17) is 4.74 Å². The third-order valence-electron chi connectivity index (χ3n) is 4.09. The summed E-state index contributed by atoms with van der Waals surface area (Å²) in [5, 5.41) is 2.40. The monoisotopic (exact) mass is 275 g/mol. The van der Waals surface area contributed by atoms with Crippen LogP contribution in [0, 0.1) is 0 Å². The summed E-state index contributed by atoms with van der Waals surface area (Å²) in [6, 6.07) is 13.0. The van der Waals surface area contributed by atoms with Gasteiger partial charge in [0.1, 0.15) is 5.75 Å². The summed E-state index contributed by atoms with van der Waals surface area (Å²) in [4.78, 5) is 2.30. The Kier molecular flexibility index (Phi) is 2.64. The third kappa shape index (κ3) is 1.79. The Hall–Kier alpha value is -2.48. The molecule has 0 radical (unpaired) electrons. The van der Waals surface area contributed by atoms with E-state index in [1.807, 2.05) is 18.4 Å². The maximum absolute atomic E-state index is 5.82. The Bertz CT molecular complexity index is 862. The van der Waals surface area contributed by atoms with Crippen LogP contribution in [0.2, 0.25) is 0 Å². The van der Waals surface area contributed by atoms with E-state index in [1.54, 1.807) is 0 Å². The van der Waals surface area contributed by atoms with Crippen molar-refractivity contribution >= 4 is 18.0 Å². The first kappa shape index (κ1) is 12.3. The molecule has 2 aromatic rings. The molecule has 0 spiro atoms. The lowest BCUT2D eigenvalue weighted by atomic mass is 9.97. The second kappa shape index (κ2) is 4.52. The second-order valence-corrected chi connectivity index (χ2v) is 5.70. The third-order valence-corrected chi connectivity index (χ3v) is 4.09. The van der Waals surface area contributed by atoms with E-state index in [2.05, 4.69) is 61.4 Å². The van der Waals surface area contributed by atoms with Gasteiger partial charge in [0.25, 0.3) is 0 Å². The zero-order valence-corrected chi connectivity index (χ0v) is 12.2. The molecule has 2 heterocycles. The van der Waals surface area contributed by atoms with Gasteiger partial charge in [-0.2, -0.15) is 0 Å². The lowest BCUT2D eigenvalue weighted by Crippen LogP contribution is -2.39. The summed E-state index contributed by atoms with van der Waals surface area (Å²) < 4.78 is 5.82. The number of benzene rings is 2. The highest BCUT2D eigenvalue weighted by molar-refractivity contribution is 5.78. The average Bonchev–Trinajstić information content (AvgIpc) is 2.53. The fourth-order valence-electron chi connectivity index (χ4n) is 3.06. The van der Waals surface area contributed by atoms with Crippen LogP contribution in [-0.2, 0) is 0 Å². The maximum atomic E-state index is 5.82. The molecule has 4 rings (SSSR count). The summed E-state index contributed by atoms with van der Waals surface area (Å²) in [6.07, 6.45) is 8.29. The normalized spacial score (nSPS) is 14.5. The number of rotatable bonds is 1. The zero-order valence-electron chi connectivity index (χ0n) is 12.2. The van der Waals surface area contributed by atoms with Crippen LogP contribution in [0.25, 0.3) is 23.5 Å². The molecule has 0 N–H and O–H groups in total. The van der Waals surface area contributed by atoms with Gasteiger partial charge in [-0.15, -0.1) is 0 Å². The number of allylic oxidation sites excluding steroid dienone is 1. The molecule has 0 saturated heterocycles. The van der Waals surface area contributed by atoms with E-state index in [1.165, 1.54) is 21.7 Å². The van der Waals surface area contributed by atoms with Crippen molar-refractivity contribution in [3.05, 3.63) is 59.1 Å². The molecular weight excluding hydrogens is 258 g/mol. The van der Waals surface area contributed by atoms with Gasteiger partial charge in [0.05, 0.1) is 6.26 Å². The van der Waals surface area contributed by atoms with Crippen molar-refractivity contribution in [2.45, 2.75) is 19.9 Å². The van der Waals surface area contributed by atoms with Crippen LogP contribution in [0.1, 0.15) is 13.8 Å². The Morgan fingerprint density at radius 1 is 0.952 bits per heavy atom. The fraction of sp³-hybridized carbons (Fsp3) is 0.158. The SMILES string of the molecule is CC(C)N1C=CC=c2c1ccc1c2=COc2ccccc2-1. The highest BCUT2D eigenvalue weighted by Gasteiger charge is 2.17. The van der Waals surface area contributed by atoms with Crippen molar-refractivity contribution < 1.29 is 4.74 Å². The van der Waals surface area contributed by atoms with Crippen LogP contribution >= 0.6 is 0 Å². The van der Waals surface area contributed by atoms with Gasteiger partial charge in [-0.25, -0.2) is 0 Å². The van der Waals surface area contributed by atoms with Gasteiger partial charge < -0.3 is 9.64 Å². The number of para-hydroxylation sites is 1. The molecule has 2 aromatic carbocycles. The standard InChI is InChI=1S/C19H17NO/c1-13(2)20-11-5-7-15-17-12-21-19-8-4-3-6-16(19)14(17)9-10-18(15)20/h3-13H,1-2H3. The average molecular weight is 275 g/mol. The van der Waals surface area contributed by atoms with Crippen molar-refractivity contribution in [2.24, 2.45) is 0 Å². The van der Waals surface area contributed by atoms with Crippen LogP contribution in [0.15, 0.2) is 48.7 Å². The molecule has 0 saturated carbocycles. The van der Waals surface area contributed by atoms with Crippen molar-refractivity contribution in [3.8, 4) is 16.9 Å². The topological polar surface area (TPSA) is 12.5 Å². The van der Waals surface area contributed by atoms with Crippen molar-refractivity contribution in [3.63, 3.8) is 0 Å². The first-order chi connectivity index (χ1) is 10.3. The van der Waals surface area contributed by atoms with Crippen molar-refractivity contribution in [1.29, 1.82) is 0 Å². The van der Waals surface area contributed by atoms with E-state index < -0.39 is 0 Å². The molecule has 2 nitrogen and oxygen atoms in total. The molecule has 0 aromatic heterocycles. The molecule has 0 fully saturated rings. The van der Waals surface area contributed by atoms with Crippen LogP contribution in [0.4, 0.5) is 5.69 Å². The summed E-state index contributed by atoms with van der Waals surface area (Å²) >= 11 is 0. The Balaban J connectivity index is 2.02. The number of hydrogen-bond acceptors (Lipinski definition) is 2. The van der Waals surface area contributed by atoms with Crippen LogP contribution in [0.3, 0.4) is 0 Å². The van der Waals surface area contributed by atoms with E-state index in [0.717, 1.165) is 11.3 Å². The van der Waals surface area contributed by atoms with Crippen LogP contribution < -0.4 is 20.1 Å². The second-order valence-electron chi connectivity index (χ2n) is 5.70. The first-order valence-electron chi connectivity index (χ1n) is 7.32. The zero-order chi connectivity index (χ0) is 14.4. The quantitative estimate of drug-likeness (QED) is 0.793. The summed E-state index contributed by atoms with van der Waals surface area (Å²) in [5.74, 6) is 0.928. The van der Waals surface area contributed by atoms with Crippen molar-refractivity contribution in [1.82, 2.24) is 0 Å². The van der Waals surface area contributed by atoms with Gasteiger partial charge in [-0.05, 0) is 37.6 Å². The smallest absolute Gasteiger partial charge is 0.134 e. The molecule has 2 heteroatoms. The molecule has 0 atom stereocenters. The fourth-order valence-corrected chi connectivity index (χ4v) is 3.06. The van der Waals surface area contributed by atoms with E-state index in [9.17, 15) is 0 Å². The molecule has 0 unspecified atom stereocenters. The van der Waals surface area contributed by atoms with Gasteiger partial charge in [0.2, 0.25) is 0 Å². The molecule has 0 amide bonds. The first-order valence-corrected chi connectivity index (χ1v) is 7.32. The molecule has 104 valence electrons. The number of nitrogens with zero attached hydrogens (tertiary/aromatic N) is 1.